The van der Waals surface area contributed by atoms with Gasteiger partial charge in [-0.2, -0.15) is 0 Å². The van der Waals surface area contributed by atoms with E-state index in [9.17, 15) is 19.3 Å². The van der Waals surface area contributed by atoms with Gasteiger partial charge in [0.2, 0.25) is 5.71 Å². The number of hydrogen-bond donors (Lipinski definition) is 0. The summed E-state index contributed by atoms with van der Waals surface area (Å²) in [7, 11) is 0. The molecule has 7 nitrogen and oxygen atoms in total. The molecule has 3 heterocycles. The van der Waals surface area contributed by atoms with E-state index >= 15 is 0 Å². The van der Waals surface area contributed by atoms with Crippen LogP contribution in [0, 0.1) is 22.9 Å². The first kappa shape index (κ1) is 18.0. The summed E-state index contributed by atoms with van der Waals surface area (Å²) in [5.74, 6) is -0.588. The number of aromatic nitrogens is 2. The van der Waals surface area contributed by atoms with Crippen LogP contribution < -0.4 is 5.63 Å². The van der Waals surface area contributed by atoms with E-state index < -0.39 is 16.4 Å². The van der Waals surface area contributed by atoms with Gasteiger partial charge in [0.05, 0.1) is 11.5 Å². The highest BCUT2D eigenvalue weighted by atomic mass is 19.1. The van der Waals surface area contributed by atoms with Crippen molar-refractivity contribution in [1.82, 2.24) is 9.55 Å². The molecule has 0 saturated carbocycles. The number of nitro benzene ring substituents is 1. The Morgan fingerprint density at radius 1 is 1.17 bits per heavy atom. The number of nitrogens with zero attached hydrogens (tertiary/aromatic N) is 3. The lowest BCUT2D eigenvalue weighted by Crippen LogP contribution is -2.09. The van der Waals surface area contributed by atoms with E-state index in [1.807, 2.05) is 31.2 Å². The predicted octanol–water partition coefficient (Wildman–Crippen LogP) is 4.70. The number of benzene rings is 2. The minimum atomic E-state index is -0.601. The first-order valence-electron chi connectivity index (χ1n) is 9.17. The smallest absolute Gasteiger partial charge is 0.362 e. The molecule has 0 amide bonds. The molecule has 0 fully saturated rings. The molecule has 148 valence electrons. The van der Waals surface area contributed by atoms with E-state index in [4.69, 9.17) is 4.42 Å². The van der Waals surface area contributed by atoms with E-state index in [0.717, 1.165) is 23.1 Å². The number of rotatable bonds is 3. The third-order valence-electron chi connectivity index (χ3n) is 5.21. The van der Waals surface area contributed by atoms with Crippen LogP contribution in [0.2, 0.25) is 0 Å². The third-order valence-corrected chi connectivity index (χ3v) is 5.21. The molecular weight excluding hydrogens is 389 g/mol. The van der Waals surface area contributed by atoms with Crippen LogP contribution in [0.15, 0.2) is 63.9 Å². The first-order chi connectivity index (χ1) is 14.4. The van der Waals surface area contributed by atoms with Gasteiger partial charge < -0.3 is 8.98 Å². The molecule has 0 aliphatic carbocycles. The standard InChI is InChI=1S/C22H14FN3O4/c1-12-4-7-18-16(9-12)19-15-3-2-8-24-21(15)30-22(27)20(19)25(18)11-13-10-14(26(28)29)5-6-17(13)23/h2-10H,11H2,1H3. The zero-order valence-corrected chi connectivity index (χ0v) is 15.8. The molecule has 5 aromatic rings. The summed E-state index contributed by atoms with van der Waals surface area (Å²) in [6.07, 6.45) is 1.54. The van der Waals surface area contributed by atoms with Crippen molar-refractivity contribution in [2.75, 3.05) is 0 Å². The van der Waals surface area contributed by atoms with Crippen LogP contribution in [0.25, 0.3) is 32.9 Å². The zero-order chi connectivity index (χ0) is 21.0. The molecule has 30 heavy (non-hydrogen) atoms. The Hall–Kier alpha value is -4.07. The van der Waals surface area contributed by atoms with Crippen molar-refractivity contribution in [3.8, 4) is 0 Å². The number of pyridine rings is 1. The molecule has 2 aromatic carbocycles. The predicted molar refractivity (Wildman–Crippen MR) is 110 cm³/mol. The summed E-state index contributed by atoms with van der Waals surface area (Å²) >= 11 is 0. The second-order valence-electron chi connectivity index (χ2n) is 7.11. The van der Waals surface area contributed by atoms with Crippen molar-refractivity contribution in [3.05, 3.63) is 92.2 Å². The van der Waals surface area contributed by atoms with Crippen molar-refractivity contribution < 1.29 is 13.7 Å². The maximum atomic E-state index is 14.5. The van der Waals surface area contributed by atoms with Gasteiger partial charge in [0.15, 0.2) is 0 Å². The SMILES string of the molecule is Cc1ccc2c(c1)c1c3cccnc3oc(=O)c1n2Cc1cc([N+](=O)[O-])ccc1F. The molecule has 0 N–H and O–H groups in total. The Morgan fingerprint density at radius 2 is 2.00 bits per heavy atom. The highest BCUT2D eigenvalue weighted by Gasteiger charge is 2.20. The van der Waals surface area contributed by atoms with Crippen LogP contribution in [0.3, 0.4) is 0 Å². The summed E-state index contributed by atoms with van der Waals surface area (Å²) < 4.78 is 21.6. The second kappa shape index (κ2) is 6.48. The van der Waals surface area contributed by atoms with Crippen LogP contribution in [-0.4, -0.2) is 14.5 Å². The van der Waals surface area contributed by atoms with Gasteiger partial charge in [0.25, 0.3) is 5.69 Å². The van der Waals surface area contributed by atoms with Crippen LogP contribution in [0.4, 0.5) is 10.1 Å². The molecule has 0 spiro atoms. The van der Waals surface area contributed by atoms with Gasteiger partial charge in [-0.3, -0.25) is 10.1 Å². The monoisotopic (exact) mass is 403 g/mol. The molecule has 0 aliphatic rings. The minimum absolute atomic E-state index is 0.0624. The van der Waals surface area contributed by atoms with E-state index in [-0.39, 0.29) is 29.0 Å². The summed E-state index contributed by atoms with van der Waals surface area (Å²) in [5, 5.41) is 13.3. The Bertz CT molecular complexity index is 1550. The number of halogens is 1. The molecular formula is C22H14FN3O4. The van der Waals surface area contributed by atoms with Crippen LogP contribution in [-0.2, 0) is 6.54 Å². The van der Waals surface area contributed by atoms with Crippen molar-refractivity contribution in [3.63, 3.8) is 0 Å². The van der Waals surface area contributed by atoms with Gasteiger partial charge in [-0.15, -0.1) is 0 Å². The highest BCUT2D eigenvalue weighted by Crippen LogP contribution is 2.34. The lowest BCUT2D eigenvalue weighted by atomic mass is 10.1. The molecule has 0 bridgehead atoms. The lowest BCUT2D eigenvalue weighted by Gasteiger charge is -2.08. The van der Waals surface area contributed by atoms with E-state index in [1.54, 1.807) is 16.8 Å². The summed E-state index contributed by atoms with van der Waals surface area (Å²) in [4.78, 5) is 27.6. The van der Waals surface area contributed by atoms with Gasteiger partial charge >= 0.3 is 5.63 Å². The number of fused-ring (bicyclic) bond motifs is 5. The molecule has 0 atom stereocenters. The van der Waals surface area contributed by atoms with Gasteiger partial charge in [-0.1, -0.05) is 11.6 Å². The largest absolute Gasteiger partial charge is 0.402 e. The quantitative estimate of drug-likeness (QED) is 0.322. The molecule has 3 aromatic heterocycles. The number of non-ortho nitro benzene ring substituents is 1. The van der Waals surface area contributed by atoms with E-state index in [0.29, 0.717) is 16.3 Å². The molecule has 5 rings (SSSR count). The third kappa shape index (κ3) is 2.65. The molecule has 0 unspecified atom stereocenters. The Morgan fingerprint density at radius 3 is 2.80 bits per heavy atom. The number of nitro groups is 1. The van der Waals surface area contributed by atoms with Crippen molar-refractivity contribution in [2.24, 2.45) is 0 Å². The van der Waals surface area contributed by atoms with Gasteiger partial charge in [0.1, 0.15) is 11.3 Å². The summed E-state index contributed by atoms with van der Waals surface area (Å²) in [5.41, 5.74) is 1.47. The fraction of sp³-hybridized carbons (Fsp3) is 0.0909. The van der Waals surface area contributed by atoms with Crippen molar-refractivity contribution in [2.45, 2.75) is 13.5 Å². The fourth-order valence-corrected chi connectivity index (χ4v) is 3.88. The summed E-state index contributed by atoms with van der Waals surface area (Å²) in [6.45, 7) is 1.88. The van der Waals surface area contributed by atoms with Crippen molar-refractivity contribution in [1.29, 1.82) is 0 Å². The fourth-order valence-electron chi connectivity index (χ4n) is 3.88. The average molecular weight is 403 g/mol. The zero-order valence-electron chi connectivity index (χ0n) is 15.8. The normalized spacial score (nSPS) is 11.5. The maximum absolute atomic E-state index is 14.5. The van der Waals surface area contributed by atoms with Crippen LogP contribution in [0.1, 0.15) is 11.1 Å². The molecule has 0 radical (unpaired) electrons. The van der Waals surface area contributed by atoms with Crippen LogP contribution in [0.5, 0.6) is 0 Å². The van der Waals surface area contributed by atoms with E-state index in [1.165, 1.54) is 6.07 Å². The molecule has 8 heteroatoms. The number of aryl methyl sites for hydroxylation is 1. The Kier molecular flexibility index (Phi) is 3.89. The maximum Gasteiger partial charge on any atom is 0.362 e. The lowest BCUT2D eigenvalue weighted by molar-refractivity contribution is -0.385. The second-order valence-corrected chi connectivity index (χ2v) is 7.11. The number of hydrogen-bond acceptors (Lipinski definition) is 5. The topological polar surface area (TPSA) is 91.2 Å². The minimum Gasteiger partial charge on any atom is -0.402 e. The van der Waals surface area contributed by atoms with Gasteiger partial charge in [-0.25, -0.2) is 14.2 Å². The molecule has 0 aliphatic heterocycles. The van der Waals surface area contributed by atoms with Crippen molar-refractivity contribution >= 4 is 38.6 Å². The highest BCUT2D eigenvalue weighted by molar-refractivity contribution is 6.18. The van der Waals surface area contributed by atoms with E-state index in [2.05, 4.69) is 4.98 Å². The Balaban J connectivity index is 1.89. The first-order valence-corrected chi connectivity index (χ1v) is 9.17. The summed E-state index contributed by atoms with van der Waals surface area (Å²) in [6, 6.07) is 12.6. The average Bonchev–Trinajstić information content (AvgIpc) is 3.04. The Labute approximate surface area is 168 Å². The van der Waals surface area contributed by atoms with Gasteiger partial charge in [0, 0.05) is 45.6 Å². The van der Waals surface area contributed by atoms with Gasteiger partial charge in [-0.05, 0) is 37.3 Å². The molecule has 0 saturated heterocycles. The van der Waals surface area contributed by atoms with Crippen LogP contribution >= 0.6 is 0 Å².